The maximum absolute atomic E-state index is 5.25. The summed E-state index contributed by atoms with van der Waals surface area (Å²) in [5.74, 6) is 0. The van der Waals surface area contributed by atoms with Crippen molar-refractivity contribution < 1.29 is 4.74 Å². The van der Waals surface area contributed by atoms with Crippen molar-refractivity contribution in [1.82, 2.24) is 0 Å². The molecule has 62 valence electrons. The molecule has 1 heteroatoms. The van der Waals surface area contributed by atoms with Crippen LogP contribution in [-0.2, 0) is 4.74 Å². The molecule has 0 N–H and O–H groups in total. The zero-order chi connectivity index (χ0) is 8.53. The van der Waals surface area contributed by atoms with Crippen LogP contribution in [0.15, 0.2) is 36.5 Å². The highest BCUT2D eigenvalue weighted by Gasteiger charge is 1.88. The van der Waals surface area contributed by atoms with Crippen LogP contribution >= 0.6 is 0 Å². The van der Waals surface area contributed by atoms with E-state index in [0.717, 1.165) is 0 Å². The SMILES string of the molecule is C=CCOCC(/C=C\C)=C/C. The van der Waals surface area contributed by atoms with E-state index >= 15 is 0 Å². The summed E-state index contributed by atoms with van der Waals surface area (Å²) in [5.41, 5.74) is 1.20. The Morgan fingerprint density at radius 1 is 1.45 bits per heavy atom. The quantitative estimate of drug-likeness (QED) is 0.334. The minimum absolute atomic E-state index is 0.620. The summed E-state index contributed by atoms with van der Waals surface area (Å²) >= 11 is 0. The van der Waals surface area contributed by atoms with E-state index < -0.39 is 0 Å². The van der Waals surface area contributed by atoms with E-state index in [1.807, 2.05) is 32.1 Å². The Morgan fingerprint density at radius 3 is 2.64 bits per heavy atom. The van der Waals surface area contributed by atoms with Crippen LogP contribution in [0.3, 0.4) is 0 Å². The van der Waals surface area contributed by atoms with Gasteiger partial charge in [0.1, 0.15) is 0 Å². The standard InChI is InChI=1S/C10H16O/c1-4-7-10(6-3)9-11-8-5-2/h4-7H,2,8-9H2,1,3H3/b7-4-,10-6+. The summed E-state index contributed by atoms with van der Waals surface area (Å²) in [6.07, 6.45) is 7.85. The first-order chi connectivity index (χ1) is 5.35. The topological polar surface area (TPSA) is 9.23 Å². The molecule has 0 amide bonds. The van der Waals surface area contributed by atoms with E-state index in [0.29, 0.717) is 13.2 Å². The van der Waals surface area contributed by atoms with Crippen molar-refractivity contribution >= 4 is 0 Å². The lowest BCUT2D eigenvalue weighted by molar-refractivity contribution is 0.189. The highest BCUT2D eigenvalue weighted by atomic mass is 16.5. The lowest BCUT2D eigenvalue weighted by Crippen LogP contribution is -1.95. The predicted molar refractivity (Wildman–Crippen MR) is 49.6 cm³/mol. The first-order valence-corrected chi connectivity index (χ1v) is 3.81. The van der Waals surface area contributed by atoms with E-state index in [-0.39, 0.29) is 0 Å². The Bertz CT molecular complexity index is 154. The van der Waals surface area contributed by atoms with Gasteiger partial charge >= 0.3 is 0 Å². The summed E-state index contributed by atoms with van der Waals surface area (Å²) in [6, 6.07) is 0. The minimum Gasteiger partial charge on any atom is -0.373 e. The molecule has 0 unspecified atom stereocenters. The summed E-state index contributed by atoms with van der Waals surface area (Å²) < 4.78 is 5.25. The van der Waals surface area contributed by atoms with Crippen LogP contribution in [0.5, 0.6) is 0 Å². The van der Waals surface area contributed by atoms with Crippen molar-refractivity contribution in [1.29, 1.82) is 0 Å². The summed E-state index contributed by atoms with van der Waals surface area (Å²) in [6.45, 7) is 8.86. The maximum Gasteiger partial charge on any atom is 0.0717 e. The fourth-order valence-electron chi connectivity index (χ4n) is 0.702. The van der Waals surface area contributed by atoms with Gasteiger partial charge in [0.05, 0.1) is 13.2 Å². The largest absolute Gasteiger partial charge is 0.373 e. The van der Waals surface area contributed by atoms with E-state index in [2.05, 4.69) is 6.58 Å². The first kappa shape index (κ1) is 10.2. The molecular weight excluding hydrogens is 136 g/mol. The van der Waals surface area contributed by atoms with Crippen LogP contribution in [0.1, 0.15) is 13.8 Å². The Hall–Kier alpha value is -0.820. The van der Waals surface area contributed by atoms with Crippen LogP contribution in [0.4, 0.5) is 0 Å². The third-order valence-electron chi connectivity index (χ3n) is 1.26. The fraction of sp³-hybridized carbons (Fsp3) is 0.400. The molecule has 0 aromatic carbocycles. The third-order valence-corrected chi connectivity index (χ3v) is 1.26. The van der Waals surface area contributed by atoms with Crippen molar-refractivity contribution in [2.24, 2.45) is 0 Å². The summed E-state index contributed by atoms with van der Waals surface area (Å²) in [7, 11) is 0. The van der Waals surface area contributed by atoms with Crippen LogP contribution < -0.4 is 0 Å². The molecule has 1 nitrogen and oxygen atoms in total. The van der Waals surface area contributed by atoms with Crippen molar-refractivity contribution in [2.45, 2.75) is 13.8 Å². The van der Waals surface area contributed by atoms with Gasteiger partial charge in [0, 0.05) is 0 Å². The van der Waals surface area contributed by atoms with Crippen LogP contribution in [0.25, 0.3) is 0 Å². The number of ether oxygens (including phenoxy) is 1. The molecule has 0 aromatic rings. The van der Waals surface area contributed by atoms with Crippen LogP contribution in [0, 0.1) is 0 Å². The zero-order valence-corrected chi connectivity index (χ0v) is 7.34. The van der Waals surface area contributed by atoms with Crippen LogP contribution in [0.2, 0.25) is 0 Å². The second-order valence-electron chi connectivity index (χ2n) is 2.17. The zero-order valence-electron chi connectivity index (χ0n) is 7.34. The van der Waals surface area contributed by atoms with Crippen molar-refractivity contribution in [3.05, 3.63) is 36.5 Å². The normalized spacial score (nSPS) is 12.4. The van der Waals surface area contributed by atoms with Gasteiger partial charge in [-0.1, -0.05) is 24.3 Å². The van der Waals surface area contributed by atoms with Gasteiger partial charge in [0.2, 0.25) is 0 Å². The molecule has 0 atom stereocenters. The van der Waals surface area contributed by atoms with Crippen molar-refractivity contribution in [3.63, 3.8) is 0 Å². The molecule has 11 heavy (non-hydrogen) atoms. The predicted octanol–water partition coefficient (Wildman–Crippen LogP) is 2.71. The number of allylic oxidation sites excluding steroid dienone is 2. The molecule has 0 rings (SSSR count). The lowest BCUT2D eigenvalue weighted by Gasteiger charge is -2.00. The smallest absolute Gasteiger partial charge is 0.0717 e. The maximum atomic E-state index is 5.25. The second-order valence-corrected chi connectivity index (χ2v) is 2.17. The van der Waals surface area contributed by atoms with E-state index in [1.54, 1.807) is 6.08 Å². The Morgan fingerprint density at radius 2 is 2.18 bits per heavy atom. The van der Waals surface area contributed by atoms with Gasteiger partial charge in [-0.15, -0.1) is 6.58 Å². The molecule has 0 bridgehead atoms. The molecule has 0 heterocycles. The number of hydrogen-bond acceptors (Lipinski definition) is 1. The molecule has 0 saturated heterocycles. The average molecular weight is 152 g/mol. The molecule has 0 aromatic heterocycles. The van der Waals surface area contributed by atoms with Crippen molar-refractivity contribution in [2.75, 3.05) is 13.2 Å². The number of hydrogen-bond donors (Lipinski definition) is 0. The third kappa shape index (κ3) is 5.62. The van der Waals surface area contributed by atoms with E-state index in [4.69, 9.17) is 4.74 Å². The van der Waals surface area contributed by atoms with Gasteiger partial charge in [-0.05, 0) is 19.4 Å². The highest BCUT2D eigenvalue weighted by molar-refractivity contribution is 5.17. The highest BCUT2D eigenvalue weighted by Crippen LogP contribution is 1.97. The molecule has 0 saturated carbocycles. The fourth-order valence-corrected chi connectivity index (χ4v) is 0.702. The number of rotatable bonds is 5. The molecule has 0 aliphatic carbocycles. The van der Waals surface area contributed by atoms with Gasteiger partial charge in [-0.25, -0.2) is 0 Å². The minimum atomic E-state index is 0.620. The van der Waals surface area contributed by atoms with E-state index in [1.165, 1.54) is 5.57 Å². The van der Waals surface area contributed by atoms with Gasteiger partial charge in [0.25, 0.3) is 0 Å². The Kier molecular flexibility index (Phi) is 6.75. The van der Waals surface area contributed by atoms with Gasteiger partial charge in [0.15, 0.2) is 0 Å². The molecular formula is C10H16O. The van der Waals surface area contributed by atoms with Crippen molar-refractivity contribution in [3.8, 4) is 0 Å². The average Bonchev–Trinajstić information content (AvgIpc) is 2.03. The first-order valence-electron chi connectivity index (χ1n) is 3.81. The second kappa shape index (κ2) is 7.29. The molecule has 0 spiro atoms. The molecule has 0 fully saturated rings. The van der Waals surface area contributed by atoms with Crippen LogP contribution in [-0.4, -0.2) is 13.2 Å². The van der Waals surface area contributed by atoms with E-state index in [9.17, 15) is 0 Å². The van der Waals surface area contributed by atoms with Gasteiger partial charge in [-0.2, -0.15) is 0 Å². The Balaban J connectivity index is 3.62. The monoisotopic (exact) mass is 152 g/mol. The summed E-state index contributed by atoms with van der Waals surface area (Å²) in [4.78, 5) is 0. The molecule has 0 radical (unpaired) electrons. The Labute approximate surface area is 69.1 Å². The molecule has 0 aliphatic heterocycles. The molecule has 0 aliphatic rings. The summed E-state index contributed by atoms with van der Waals surface area (Å²) in [5, 5.41) is 0. The lowest BCUT2D eigenvalue weighted by atomic mass is 10.2. The van der Waals surface area contributed by atoms with Gasteiger partial charge in [-0.3, -0.25) is 0 Å². The van der Waals surface area contributed by atoms with Gasteiger partial charge < -0.3 is 4.74 Å².